The van der Waals surface area contributed by atoms with Crippen LogP contribution in [0.3, 0.4) is 0 Å². The lowest BCUT2D eigenvalue weighted by Crippen LogP contribution is -2.18. The van der Waals surface area contributed by atoms with Gasteiger partial charge in [0.25, 0.3) is 0 Å². The molecule has 0 aliphatic rings. The van der Waals surface area contributed by atoms with Crippen LogP contribution < -0.4 is 19.3 Å². The normalized spacial score (nSPS) is 10.4. The standard InChI is InChI=1S/C18H16O6/c1-22-15-9-6-13(11-16(15)23-2)18(21)24-14-7-3-12(4-8-14)5-10-17(19)20/h3-11H,1-2H3,(H,19,20)/p-1/b10-5+. The van der Waals surface area contributed by atoms with Crippen LogP contribution in [-0.4, -0.2) is 26.2 Å². The first-order valence-electron chi connectivity index (χ1n) is 6.97. The fourth-order valence-corrected chi connectivity index (χ4v) is 1.94. The minimum absolute atomic E-state index is 0.313. The molecule has 0 saturated carbocycles. The zero-order valence-corrected chi connectivity index (χ0v) is 13.1. The fourth-order valence-electron chi connectivity index (χ4n) is 1.94. The Morgan fingerprint density at radius 3 is 2.21 bits per heavy atom. The fraction of sp³-hybridized carbons (Fsp3) is 0.111. The second-order valence-electron chi connectivity index (χ2n) is 4.68. The number of carbonyl (C=O) groups excluding carboxylic acids is 2. The van der Waals surface area contributed by atoms with Crippen molar-refractivity contribution in [3.8, 4) is 17.2 Å². The van der Waals surface area contributed by atoms with Gasteiger partial charge in [0.15, 0.2) is 11.5 Å². The Bertz CT molecular complexity index is 762. The Morgan fingerprint density at radius 2 is 1.62 bits per heavy atom. The maximum atomic E-state index is 12.2. The molecule has 0 N–H and O–H groups in total. The molecular formula is C18H15O6-. The second-order valence-corrected chi connectivity index (χ2v) is 4.68. The third-order valence-corrected chi connectivity index (χ3v) is 3.12. The van der Waals surface area contributed by atoms with E-state index in [4.69, 9.17) is 14.2 Å². The predicted molar refractivity (Wildman–Crippen MR) is 85.0 cm³/mol. The van der Waals surface area contributed by atoms with Gasteiger partial charge in [-0.15, -0.1) is 0 Å². The van der Waals surface area contributed by atoms with E-state index in [9.17, 15) is 14.7 Å². The van der Waals surface area contributed by atoms with Crippen molar-refractivity contribution in [2.45, 2.75) is 0 Å². The van der Waals surface area contributed by atoms with Gasteiger partial charge in [0.1, 0.15) is 5.75 Å². The molecule has 0 heterocycles. The van der Waals surface area contributed by atoms with Crippen molar-refractivity contribution in [2.24, 2.45) is 0 Å². The largest absolute Gasteiger partial charge is 0.545 e. The summed E-state index contributed by atoms with van der Waals surface area (Å²) in [5, 5.41) is 10.4. The Kier molecular flexibility index (Phi) is 5.57. The first-order chi connectivity index (χ1) is 11.5. The van der Waals surface area contributed by atoms with Gasteiger partial charge in [-0.1, -0.05) is 18.2 Å². The van der Waals surface area contributed by atoms with Gasteiger partial charge in [0.2, 0.25) is 0 Å². The average Bonchev–Trinajstić information content (AvgIpc) is 2.60. The zero-order valence-electron chi connectivity index (χ0n) is 13.1. The van der Waals surface area contributed by atoms with Crippen LogP contribution in [-0.2, 0) is 4.79 Å². The van der Waals surface area contributed by atoms with Crippen molar-refractivity contribution in [1.29, 1.82) is 0 Å². The lowest BCUT2D eigenvalue weighted by Gasteiger charge is -2.09. The van der Waals surface area contributed by atoms with Gasteiger partial charge in [-0.25, -0.2) is 4.79 Å². The molecular weight excluding hydrogens is 312 g/mol. The molecule has 6 nitrogen and oxygen atoms in total. The van der Waals surface area contributed by atoms with E-state index in [1.54, 1.807) is 36.4 Å². The van der Waals surface area contributed by atoms with E-state index in [0.717, 1.165) is 6.08 Å². The van der Waals surface area contributed by atoms with Crippen LogP contribution in [0, 0.1) is 0 Å². The summed E-state index contributed by atoms with van der Waals surface area (Å²) >= 11 is 0. The predicted octanol–water partition coefficient (Wildman–Crippen LogP) is 1.69. The SMILES string of the molecule is COc1ccc(C(=O)Oc2ccc(/C=C/C(=O)[O-])cc2)cc1OC. The Balaban J connectivity index is 2.10. The highest BCUT2D eigenvalue weighted by atomic mass is 16.5. The molecule has 0 aliphatic heterocycles. The molecule has 24 heavy (non-hydrogen) atoms. The number of carboxylic acid groups (broad SMARTS) is 1. The van der Waals surface area contributed by atoms with Crippen LogP contribution in [0.4, 0.5) is 0 Å². The average molecular weight is 327 g/mol. The summed E-state index contributed by atoms with van der Waals surface area (Å²) < 4.78 is 15.5. The number of rotatable bonds is 6. The van der Waals surface area contributed by atoms with Crippen LogP contribution >= 0.6 is 0 Å². The molecule has 0 spiro atoms. The van der Waals surface area contributed by atoms with Crippen LogP contribution in [0.2, 0.25) is 0 Å². The van der Waals surface area contributed by atoms with Gasteiger partial charge in [-0.05, 0) is 42.0 Å². The molecule has 0 bridgehead atoms. The Morgan fingerprint density at radius 1 is 0.958 bits per heavy atom. The van der Waals surface area contributed by atoms with Crippen LogP contribution in [0.1, 0.15) is 15.9 Å². The number of hydrogen-bond acceptors (Lipinski definition) is 6. The van der Waals surface area contributed by atoms with Gasteiger partial charge in [0.05, 0.1) is 25.8 Å². The molecule has 2 aromatic rings. The van der Waals surface area contributed by atoms with Crippen molar-refractivity contribution in [1.82, 2.24) is 0 Å². The molecule has 0 fully saturated rings. The molecule has 0 aromatic heterocycles. The summed E-state index contributed by atoms with van der Waals surface area (Å²) in [5.74, 6) is -0.554. The number of esters is 1. The van der Waals surface area contributed by atoms with Gasteiger partial charge in [-0.2, -0.15) is 0 Å². The minimum Gasteiger partial charge on any atom is -0.545 e. The zero-order chi connectivity index (χ0) is 17.5. The number of carboxylic acids is 1. The van der Waals surface area contributed by atoms with Gasteiger partial charge in [0, 0.05) is 0 Å². The van der Waals surface area contributed by atoms with E-state index in [-0.39, 0.29) is 0 Å². The number of benzene rings is 2. The maximum absolute atomic E-state index is 12.2. The van der Waals surface area contributed by atoms with E-state index in [0.29, 0.717) is 28.4 Å². The summed E-state index contributed by atoms with van der Waals surface area (Å²) in [5.41, 5.74) is 0.957. The van der Waals surface area contributed by atoms with E-state index >= 15 is 0 Å². The molecule has 0 radical (unpaired) electrons. The van der Waals surface area contributed by atoms with E-state index < -0.39 is 11.9 Å². The van der Waals surface area contributed by atoms with Crippen molar-refractivity contribution >= 4 is 18.0 Å². The summed E-state index contributed by atoms with van der Waals surface area (Å²) in [6, 6.07) is 11.1. The van der Waals surface area contributed by atoms with Crippen molar-refractivity contribution in [3.05, 3.63) is 59.7 Å². The van der Waals surface area contributed by atoms with E-state index in [1.165, 1.54) is 26.4 Å². The van der Waals surface area contributed by atoms with Crippen LogP contribution in [0.25, 0.3) is 6.08 Å². The second kappa shape index (κ2) is 7.82. The molecule has 0 amide bonds. The highest BCUT2D eigenvalue weighted by Gasteiger charge is 2.12. The lowest BCUT2D eigenvalue weighted by molar-refractivity contribution is -0.297. The van der Waals surface area contributed by atoms with Crippen molar-refractivity contribution in [2.75, 3.05) is 14.2 Å². The molecule has 0 atom stereocenters. The number of methoxy groups -OCH3 is 2. The highest BCUT2D eigenvalue weighted by molar-refractivity contribution is 5.92. The Labute approximate surface area is 138 Å². The monoisotopic (exact) mass is 327 g/mol. The maximum Gasteiger partial charge on any atom is 0.343 e. The Hall–Kier alpha value is -3.28. The quantitative estimate of drug-likeness (QED) is 0.456. The summed E-state index contributed by atoms with van der Waals surface area (Å²) in [7, 11) is 2.98. The van der Waals surface area contributed by atoms with Crippen LogP contribution in [0.15, 0.2) is 48.5 Å². The lowest BCUT2D eigenvalue weighted by atomic mass is 10.2. The number of ether oxygens (including phenoxy) is 3. The third kappa shape index (κ3) is 4.36. The number of carbonyl (C=O) groups is 2. The van der Waals surface area contributed by atoms with Gasteiger partial charge < -0.3 is 24.1 Å². The summed E-state index contributed by atoms with van der Waals surface area (Å²) in [4.78, 5) is 22.5. The molecule has 0 unspecified atom stereocenters. The topological polar surface area (TPSA) is 84.9 Å². The molecule has 0 saturated heterocycles. The molecule has 0 aliphatic carbocycles. The molecule has 2 rings (SSSR count). The molecule has 6 heteroatoms. The van der Waals surface area contributed by atoms with E-state index in [2.05, 4.69) is 0 Å². The van der Waals surface area contributed by atoms with E-state index in [1.807, 2.05) is 0 Å². The van der Waals surface area contributed by atoms with Gasteiger partial charge in [-0.3, -0.25) is 0 Å². The van der Waals surface area contributed by atoms with Crippen LogP contribution in [0.5, 0.6) is 17.2 Å². The van der Waals surface area contributed by atoms with Gasteiger partial charge >= 0.3 is 5.97 Å². The summed E-state index contributed by atoms with van der Waals surface area (Å²) in [6.07, 6.45) is 2.31. The van der Waals surface area contributed by atoms with Crippen molar-refractivity contribution < 1.29 is 28.9 Å². The molecule has 2 aromatic carbocycles. The smallest absolute Gasteiger partial charge is 0.343 e. The van der Waals surface area contributed by atoms with Crippen molar-refractivity contribution in [3.63, 3.8) is 0 Å². The number of hydrogen-bond donors (Lipinski definition) is 0. The third-order valence-electron chi connectivity index (χ3n) is 3.12. The minimum atomic E-state index is -1.28. The first kappa shape index (κ1) is 17.1. The summed E-state index contributed by atoms with van der Waals surface area (Å²) in [6.45, 7) is 0. The molecule has 124 valence electrons. The highest BCUT2D eigenvalue weighted by Crippen LogP contribution is 2.28. The number of aliphatic carboxylic acids is 1. The first-order valence-corrected chi connectivity index (χ1v) is 6.97.